The molecule has 512 valence electrons. The van der Waals surface area contributed by atoms with Crippen molar-refractivity contribution in [3.8, 4) is 0 Å². The molecule has 3 fully saturated rings. The average Bonchev–Trinajstić information content (AvgIpc) is 2.91. The van der Waals surface area contributed by atoms with Gasteiger partial charge in [-0.05, 0) is 32.1 Å². The minimum absolute atomic E-state index is 0.241. The Morgan fingerprint density at radius 1 is 0.402 bits per heavy atom. The minimum atomic E-state index is -1.98. The van der Waals surface area contributed by atoms with E-state index in [0.717, 1.165) is 38.5 Å². The van der Waals surface area contributed by atoms with E-state index in [1.807, 2.05) is 6.08 Å². The summed E-state index contributed by atoms with van der Waals surface area (Å²) in [6.07, 6.45) is 30.3. The largest absolute Gasteiger partial charge is 0.394 e. The quantitative estimate of drug-likeness (QED) is 0.0200. The molecule has 19 nitrogen and oxygen atoms in total. The Morgan fingerprint density at radius 2 is 0.736 bits per heavy atom. The SMILES string of the molecule is CCCCCCCCCCC/C=C/CC/C=C/C(O)C(COC1OC(CO)C(OC2OC(CO)C(OC3OC(CO)C(O)C(O)C3O)C(O)C2O)C(O)C1O)NC(=O)CCCCCCCCCCCCCCCCCCCCCCCCCCCCC. The summed E-state index contributed by atoms with van der Waals surface area (Å²) in [5.41, 5.74) is 0. The molecule has 17 atom stereocenters. The molecule has 0 aromatic rings. The molecular weight excluding hydrogens is 1120 g/mol. The Hall–Kier alpha value is -1.73. The first-order valence-electron chi connectivity index (χ1n) is 35.1. The van der Waals surface area contributed by atoms with Gasteiger partial charge in [0, 0.05) is 6.42 Å². The number of carbonyl (C=O) groups is 1. The molecule has 0 aromatic heterocycles. The third-order valence-corrected chi connectivity index (χ3v) is 17.8. The predicted molar refractivity (Wildman–Crippen MR) is 337 cm³/mol. The second-order valence-corrected chi connectivity index (χ2v) is 25.3. The third kappa shape index (κ3) is 33.1. The number of nitrogens with one attached hydrogen (secondary N) is 1. The number of carbonyl (C=O) groups excluding carboxylic acids is 1. The average molecular weight is 1250 g/mol. The van der Waals surface area contributed by atoms with Gasteiger partial charge in [0.1, 0.15) is 73.2 Å². The van der Waals surface area contributed by atoms with Crippen LogP contribution in [0.3, 0.4) is 0 Å². The highest BCUT2D eigenvalue weighted by Crippen LogP contribution is 2.33. The van der Waals surface area contributed by atoms with Gasteiger partial charge in [-0.2, -0.15) is 0 Å². The van der Waals surface area contributed by atoms with Crippen molar-refractivity contribution in [1.29, 1.82) is 0 Å². The molecule has 0 aliphatic carbocycles. The molecule has 3 aliphatic rings. The van der Waals surface area contributed by atoms with Crippen LogP contribution in [0.1, 0.15) is 271 Å². The van der Waals surface area contributed by atoms with Gasteiger partial charge in [-0.3, -0.25) is 4.79 Å². The second-order valence-electron chi connectivity index (χ2n) is 25.3. The zero-order valence-corrected chi connectivity index (χ0v) is 54.0. The topological polar surface area (TPSA) is 307 Å². The van der Waals surface area contributed by atoms with E-state index in [0.29, 0.717) is 12.8 Å². The number of unbranched alkanes of at least 4 members (excludes halogenated alkanes) is 36. The highest BCUT2D eigenvalue weighted by atomic mass is 16.8. The van der Waals surface area contributed by atoms with Gasteiger partial charge >= 0.3 is 0 Å². The van der Waals surface area contributed by atoms with Gasteiger partial charge in [0.2, 0.25) is 5.91 Å². The molecule has 3 saturated heterocycles. The number of aliphatic hydroxyl groups excluding tert-OH is 11. The fraction of sp³-hybridized carbons (Fsp3) is 0.926. The molecule has 1 amide bonds. The van der Waals surface area contributed by atoms with Gasteiger partial charge in [-0.15, -0.1) is 0 Å². The Labute approximate surface area is 524 Å². The Morgan fingerprint density at radius 3 is 1.15 bits per heavy atom. The van der Waals surface area contributed by atoms with Crippen molar-refractivity contribution in [1.82, 2.24) is 5.32 Å². The van der Waals surface area contributed by atoms with Crippen LogP contribution in [0.4, 0.5) is 0 Å². The first kappa shape index (κ1) is 79.5. The van der Waals surface area contributed by atoms with Crippen molar-refractivity contribution in [2.75, 3.05) is 26.4 Å². The zero-order chi connectivity index (χ0) is 63.3. The normalized spacial score (nSPS) is 28.7. The van der Waals surface area contributed by atoms with Crippen LogP contribution >= 0.6 is 0 Å². The molecule has 3 aliphatic heterocycles. The lowest BCUT2D eigenvalue weighted by Gasteiger charge is -2.48. The lowest BCUT2D eigenvalue weighted by molar-refractivity contribution is -0.379. The van der Waals surface area contributed by atoms with Crippen LogP contribution in [-0.4, -0.2) is 193 Å². The third-order valence-electron chi connectivity index (χ3n) is 17.8. The fourth-order valence-electron chi connectivity index (χ4n) is 12.0. The van der Waals surface area contributed by atoms with Crippen molar-refractivity contribution in [2.24, 2.45) is 0 Å². The highest BCUT2D eigenvalue weighted by molar-refractivity contribution is 5.76. The van der Waals surface area contributed by atoms with Crippen LogP contribution in [0.15, 0.2) is 24.3 Å². The Bertz CT molecular complexity index is 1680. The van der Waals surface area contributed by atoms with Crippen LogP contribution in [0.2, 0.25) is 0 Å². The molecule has 0 radical (unpaired) electrons. The molecule has 87 heavy (non-hydrogen) atoms. The number of allylic oxidation sites excluding steroid dienone is 3. The predicted octanol–water partition coefficient (Wildman–Crippen LogP) is 9.05. The molecule has 19 heteroatoms. The molecule has 17 unspecified atom stereocenters. The first-order valence-corrected chi connectivity index (χ1v) is 35.1. The Balaban J connectivity index is 1.41. The molecule has 0 aromatic carbocycles. The summed E-state index contributed by atoms with van der Waals surface area (Å²) >= 11 is 0. The smallest absolute Gasteiger partial charge is 0.220 e. The van der Waals surface area contributed by atoms with Crippen molar-refractivity contribution in [2.45, 2.75) is 375 Å². The molecule has 0 saturated carbocycles. The van der Waals surface area contributed by atoms with E-state index < -0.39 is 124 Å². The monoisotopic (exact) mass is 1250 g/mol. The van der Waals surface area contributed by atoms with E-state index in [2.05, 4.69) is 31.3 Å². The standard InChI is InChI=1S/C68H127NO18/c1-3-5-7-9-11-13-15-17-19-20-21-22-23-24-25-26-27-28-29-30-32-34-36-38-40-42-44-46-56(74)69-51(52(73)45-43-41-39-37-35-33-31-18-16-14-12-10-8-6-4-2)50-82-66-62(80)59(77)64(54(48-71)84-66)87-68-63(81)60(78)65(55(49-72)85-68)86-67-61(79)58(76)57(75)53(47-70)83-67/h35,37,43,45,51-55,57-68,70-73,75-81H,3-34,36,38-42,44,46-50H2,1-2H3,(H,69,74)/b37-35+,45-43+. The number of ether oxygens (including phenoxy) is 6. The van der Waals surface area contributed by atoms with Crippen LogP contribution < -0.4 is 5.32 Å². The molecule has 0 bridgehead atoms. The highest BCUT2D eigenvalue weighted by Gasteiger charge is 2.53. The maximum absolute atomic E-state index is 13.4. The van der Waals surface area contributed by atoms with Crippen molar-refractivity contribution in [3.63, 3.8) is 0 Å². The molecular formula is C68H127NO18. The molecule has 12 N–H and O–H groups in total. The van der Waals surface area contributed by atoms with Gasteiger partial charge in [-0.1, -0.05) is 256 Å². The number of hydrogen-bond acceptors (Lipinski definition) is 18. The Kier molecular flexibility index (Phi) is 46.4. The number of aliphatic hydroxyl groups is 11. The first-order chi connectivity index (χ1) is 42.3. The van der Waals surface area contributed by atoms with Gasteiger partial charge in [0.05, 0.1) is 38.6 Å². The molecule has 0 spiro atoms. The summed E-state index contributed by atoms with van der Waals surface area (Å²) in [7, 11) is 0. The van der Waals surface area contributed by atoms with E-state index in [-0.39, 0.29) is 18.9 Å². The van der Waals surface area contributed by atoms with Crippen LogP contribution in [-0.2, 0) is 33.2 Å². The van der Waals surface area contributed by atoms with E-state index in [1.165, 1.54) is 199 Å². The maximum Gasteiger partial charge on any atom is 0.220 e. The van der Waals surface area contributed by atoms with E-state index in [9.17, 15) is 61.0 Å². The summed E-state index contributed by atoms with van der Waals surface area (Å²) in [5, 5.41) is 120. The van der Waals surface area contributed by atoms with E-state index in [1.54, 1.807) is 6.08 Å². The van der Waals surface area contributed by atoms with Crippen LogP contribution in [0.25, 0.3) is 0 Å². The number of hydrogen-bond donors (Lipinski definition) is 12. The van der Waals surface area contributed by atoms with Gasteiger partial charge in [0.15, 0.2) is 18.9 Å². The zero-order valence-electron chi connectivity index (χ0n) is 54.0. The lowest BCUT2D eigenvalue weighted by Crippen LogP contribution is -2.66. The number of rotatable bonds is 54. The second kappa shape index (κ2) is 50.8. The number of amides is 1. The van der Waals surface area contributed by atoms with Crippen LogP contribution in [0, 0.1) is 0 Å². The van der Waals surface area contributed by atoms with Crippen molar-refractivity contribution in [3.05, 3.63) is 24.3 Å². The van der Waals surface area contributed by atoms with Crippen LogP contribution in [0.5, 0.6) is 0 Å². The van der Waals surface area contributed by atoms with Gasteiger partial charge in [0.25, 0.3) is 0 Å². The van der Waals surface area contributed by atoms with Crippen molar-refractivity contribution >= 4 is 5.91 Å². The van der Waals surface area contributed by atoms with Gasteiger partial charge in [-0.25, -0.2) is 0 Å². The summed E-state index contributed by atoms with van der Waals surface area (Å²) in [6, 6.07) is -0.986. The minimum Gasteiger partial charge on any atom is -0.394 e. The van der Waals surface area contributed by atoms with Crippen molar-refractivity contribution < 1.29 is 89.4 Å². The summed E-state index contributed by atoms with van der Waals surface area (Å²) in [6.45, 7) is 1.73. The molecule has 3 heterocycles. The van der Waals surface area contributed by atoms with E-state index >= 15 is 0 Å². The summed E-state index contributed by atoms with van der Waals surface area (Å²) in [5.74, 6) is -0.280. The summed E-state index contributed by atoms with van der Waals surface area (Å²) < 4.78 is 34.3. The van der Waals surface area contributed by atoms with E-state index in [4.69, 9.17) is 28.4 Å². The fourth-order valence-corrected chi connectivity index (χ4v) is 12.0. The maximum atomic E-state index is 13.4. The lowest BCUT2D eigenvalue weighted by atomic mass is 9.96. The summed E-state index contributed by atoms with van der Waals surface area (Å²) in [4.78, 5) is 13.4. The molecule has 3 rings (SSSR count). The van der Waals surface area contributed by atoms with Gasteiger partial charge < -0.3 is 89.9 Å².